The van der Waals surface area contributed by atoms with Crippen LogP contribution in [0.5, 0.6) is 0 Å². The smallest absolute Gasteiger partial charge is 0.187 e. The summed E-state index contributed by atoms with van der Waals surface area (Å²) in [6.07, 6.45) is -13.4. The maximum absolute atomic E-state index is 10.4. The molecule has 11 heteroatoms. The van der Waals surface area contributed by atoms with Crippen LogP contribution in [0.3, 0.4) is 0 Å². The van der Waals surface area contributed by atoms with E-state index in [0.717, 1.165) is 0 Å². The average molecular weight is 384 g/mol. The van der Waals surface area contributed by atoms with Crippen LogP contribution in [0.2, 0.25) is 0 Å². The molecule has 0 spiro atoms. The van der Waals surface area contributed by atoms with E-state index in [4.69, 9.17) is 18.9 Å². The van der Waals surface area contributed by atoms with E-state index in [9.17, 15) is 35.7 Å². The summed E-state index contributed by atoms with van der Waals surface area (Å²) in [6, 6.07) is 0. The molecule has 10 atom stereocenters. The van der Waals surface area contributed by atoms with Crippen molar-refractivity contribution in [3.05, 3.63) is 0 Å². The lowest BCUT2D eigenvalue weighted by atomic mass is 9.97. The van der Waals surface area contributed by atoms with Crippen LogP contribution in [-0.4, -0.2) is 117 Å². The highest BCUT2D eigenvalue weighted by Crippen LogP contribution is 2.29. The van der Waals surface area contributed by atoms with Crippen molar-refractivity contribution < 1.29 is 54.7 Å². The van der Waals surface area contributed by atoms with E-state index in [1.165, 1.54) is 0 Å². The second-order valence-corrected chi connectivity index (χ2v) is 6.37. The minimum absolute atomic E-state index is 0.239. The zero-order valence-electron chi connectivity index (χ0n) is 14.4. The van der Waals surface area contributed by atoms with Gasteiger partial charge in [0.1, 0.15) is 48.8 Å². The van der Waals surface area contributed by atoms with Crippen LogP contribution < -0.4 is 0 Å². The van der Waals surface area contributed by atoms with Gasteiger partial charge in [0.15, 0.2) is 12.6 Å². The minimum atomic E-state index is -1.72. The molecule has 0 aromatic heterocycles. The highest BCUT2D eigenvalue weighted by atomic mass is 16.7. The molecule has 0 amide bonds. The normalized spacial score (nSPS) is 47.1. The number of aliphatic hydroxyl groups is 7. The van der Waals surface area contributed by atoms with Crippen LogP contribution in [-0.2, 0) is 18.9 Å². The molecule has 11 nitrogen and oxygen atoms in total. The van der Waals surface area contributed by atoms with Gasteiger partial charge in [0.2, 0.25) is 0 Å². The van der Waals surface area contributed by atoms with Gasteiger partial charge in [0, 0.05) is 6.61 Å². The lowest BCUT2D eigenvalue weighted by molar-refractivity contribution is -0.357. The summed E-state index contributed by atoms with van der Waals surface area (Å²) >= 11 is 0. The summed E-state index contributed by atoms with van der Waals surface area (Å²) in [6.45, 7) is 0.858. The van der Waals surface area contributed by atoms with Crippen molar-refractivity contribution in [3.8, 4) is 0 Å². The van der Waals surface area contributed by atoms with Crippen LogP contribution in [0.4, 0.5) is 0 Å². The first-order valence-corrected chi connectivity index (χ1v) is 8.55. The van der Waals surface area contributed by atoms with Crippen molar-refractivity contribution in [1.29, 1.82) is 0 Å². The maximum atomic E-state index is 10.4. The summed E-state index contributed by atoms with van der Waals surface area (Å²) < 4.78 is 21.2. The molecular weight excluding hydrogens is 356 g/mol. The number of ether oxygens (including phenoxy) is 4. The second kappa shape index (κ2) is 9.66. The third-order valence-electron chi connectivity index (χ3n) is 4.47. The average Bonchev–Trinajstić information content (AvgIpc) is 2.63. The quantitative estimate of drug-likeness (QED) is 0.228. The molecule has 0 bridgehead atoms. The van der Waals surface area contributed by atoms with Gasteiger partial charge >= 0.3 is 0 Å². The van der Waals surface area contributed by atoms with Gasteiger partial charge < -0.3 is 54.7 Å². The molecule has 0 radical (unpaired) electrons. The molecule has 2 rings (SSSR count). The van der Waals surface area contributed by atoms with Crippen molar-refractivity contribution in [1.82, 2.24) is 0 Å². The Morgan fingerprint density at radius 3 is 2.00 bits per heavy atom. The molecule has 7 N–H and O–H groups in total. The van der Waals surface area contributed by atoms with Crippen LogP contribution in [0.15, 0.2) is 0 Å². The lowest BCUT2D eigenvalue weighted by Crippen LogP contribution is -2.64. The van der Waals surface area contributed by atoms with Crippen LogP contribution in [0.1, 0.15) is 13.3 Å². The molecule has 0 aromatic carbocycles. The molecule has 2 saturated heterocycles. The Kier molecular flexibility index (Phi) is 8.12. The molecule has 2 aliphatic rings. The zero-order chi connectivity index (χ0) is 19.4. The van der Waals surface area contributed by atoms with E-state index in [1.807, 2.05) is 6.92 Å². The Balaban J connectivity index is 2.14. The van der Waals surface area contributed by atoms with Crippen LogP contribution in [0, 0.1) is 0 Å². The number of rotatable bonds is 7. The highest BCUT2D eigenvalue weighted by molar-refractivity contribution is 4.94. The van der Waals surface area contributed by atoms with Crippen LogP contribution >= 0.6 is 0 Å². The Labute approximate surface area is 150 Å². The van der Waals surface area contributed by atoms with Crippen molar-refractivity contribution >= 4 is 0 Å². The molecule has 26 heavy (non-hydrogen) atoms. The number of hydrogen-bond acceptors (Lipinski definition) is 11. The van der Waals surface area contributed by atoms with E-state index in [0.29, 0.717) is 6.42 Å². The highest BCUT2D eigenvalue weighted by Gasteiger charge is 2.50. The first-order chi connectivity index (χ1) is 12.3. The van der Waals surface area contributed by atoms with Crippen LogP contribution in [0.25, 0.3) is 0 Å². The van der Waals surface area contributed by atoms with Gasteiger partial charge in [-0.25, -0.2) is 0 Å². The lowest BCUT2D eigenvalue weighted by Gasteiger charge is -2.46. The first kappa shape index (κ1) is 21.9. The second-order valence-electron chi connectivity index (χ2n) is 6.37. The van der Waals surface area contributed by atoms with Gasteiger partial charge in [-0.2, -0.15) is 0 Å². The monoisotopic (exact) mass is 384 g/mol. The van der Waals surface area contributed by atoms with E-state index < -0.39 is 74.6 Å². The fourth-order valence-electron chi connectivity index (χ4n) is 3.01. The fraction of sp³-hybridized carbons (Fsp3) is 1.00. The molecule has 0 aliphatic carbocycles. The third-order valence-corrected chi connectivity index (χ3v) is 4.47. The first-order valence-electron chi connectivity index (χ1n) is 8.55. The van der Waals surface area contributed by atoms with Gasteiger partial charge in [0.05, 0.1) is 13.2 Å². The van der Waals surface area contributed by atoms with Gasteiger partial charge in [-0.3, -0.25) is 0 Å². The molecule has 154 valence electrons. The summed E-state index contributed by atoms with van der Waals surface area (Å²) in [4.78, 5) is 0. The van der Waals surface area contributed by atoms with E-state index in [1.54, 1.807) is 0 Å². The number of hydrogen-bond donors (Lipinski definition) is 7. The predicted octanol–water partition coefficient (Wildman–Crippen LogP) is -3.96. The van der Waals surface area contributed by atoms with Crippen molar-refractivity contribution in [3.63, 3.8) is 0 Å². The van der Waals surface area contributed by atoms with E-state index in [-0.39, 0.29) is 6.61 Å². The molecule has 2 heterocycles. The van der Waals surface area contributed by atoms with Crippen molar-refractivity contribution in [2.45, 2.75) is 74.8 Å². The SMILES string of the molecule is CCCO[C@@H]1[C@@H](O)[C@@H](O[C@H]2[C@H](O)[C@@H](O)[C@H](O)O[C@@H]2CO)O[C@H](CO)[C@H]1O. The molecule has 0 aromatic rings. The molecule has 0 saturated carbocycles. The molecular formula is C15H28O11. The summed E-state index contributed by atoms with van der Waals surface area (Å²) in [7, 11) is 0. The van der Waals surface area contributed by atoms with Gasteiger partial charge in [-0.15, -0.1) is 0 Å². The standard InChI is InChI=1S/C15H28O11/c1-2-3-23-13-8(18)6(4-16)25-15(11(13)21)26-12-7(5-17)24-14(22)10(20)9(12)19/h6-22H,2-5H2,1H3/t6-,7-,8-,9-,10-,11-,12-,13+,14-,15-/m1/s1. The van der Waals surface area contributed by atoms with Gasteiger partial charge in [-0.1, -0.05) is 6.92 Å². The van der Waals surface area contributed by atoms with Gasteiger partial charge in [-0.05, 0) is 6.42 Å². The summed E-state index contributed by atoms with van der Waals surface area (Å²) in [5, 5.41) is 68.7. The topological polar surface area (TPSA) is 179 Å². The molecule has 0 unspecified atom stereocenters. The van der Waals surface area contributed by atoms with Crippen molar-refractivity contribution in [2.75, 3.05) is 19.8 Å². The Bertz CT molecular complexity index is 422. The zero-order valence-corrected chi connectivity index (χ0v) is 14.4. The van der Waals surface area contributed by atoms with Gasteiger partial charge in [0.25, 0.3) is 0 Å². The molecule has 2 aliphatic heterocycles. The number of aliphatic hydroxyl groups excluding tert-OH is 7. The predicted molar refractivity (Wildman–Crippen MR) is 82.6 cm³/mol. The Morgan fingerprint density at radius 2 is 1.42 bits per heavy atom. The van der Waals surface area contributed by atoms with Crippen molar-refractivity contribution in [2.24, 2.45) is 0 Å². The molecule has 2 fully saturated rings. The fourth-order valence-corrected chi connectivity index (χ4v) is 3.01. The third kappa shape index (κ3) is 4.51. The maximum Gasteiger partial charge on any atom is 0.187 e. The Morgan fingerprint density at radius 1 is 0.769 bits per heavy atom. The summed E-state index contributed by atoms with van der Waals surface area (Å²) in [5.74, 6) is 0. The van der Waals surface area contributed by atoms with E-state index >= 15 is 0 Å². The Hall–Kier alpha value is -0.440. The summed E-state index contributed by atoms with van der Waals surface area (Å²) in [5.41, 5.74) is 0. The van der Waals surface area contributed by atoms with E-state index in [2.05, 4.69) is 0 Å². The minimum Gasteiger partial charge on any atom is -0.394 e. The largest absolute Gasteiger partial charge is 0.394 e.